The number of esters is 1. The number of rotatable bonds is 12. The van der Waals surface area contributed by atoms with Crippen LogP contribution >= 0.6 is 0 Å². The summed E-state index contributed by atoms with van der Waals surface area (Å²) in [5.74, 6) is -11.5. The molecule has 0 saturated carbocycles. The highest BCUT2D eigenvalue weighted by molar-refractivity contribution is 5.81. The van der Waals surface area contributed by atoms with Crippen LogP contribution in [0.5, 0.6) is 0 Å². The Balaban J connectivity index is 4.87. The third-order valence-corrected chi connectivity index (χ3v) is 2.96. The Morgan fingerprint density at radius 2 is 1.10 bits per heavy atom. The van der Waals surface area contributed by atoms with Crippen LogP contribution < -0.4 is 0 Å². The Morgan fingerprint density at radius 3 is 1.37 bits per heavy atom. The van der Waals surface area contributed by atoms with E-state index >= 15 is 0 Å². The number of ether oxygens (including phenoxy) is 3. The van der Waals surface area contributed by atoms with Crippen LogP contribution in [0.25, 0.3) is 0 Å². The molecule has 0 aromatic heterocycles. The molecule has 4 nitrogen and oxygen atoms in total. The zero-order chi connectivity index (χ0) is 24.0. The van der Waals surface area contributed by atoms with E-state index in [4.69, 9.17) is 0 Å². The minimum absolute atomic E-state index is 0.471. The number of carbonyl (C=O) groups excluding carboxylic acids is 1. The maximum absolute atomic E-state index is 13.1. The van der Waals surface area contributed by atoms with Crippen LogP contribution in [0.2, 0.25) is 0 Å². The monoisotopic (exact) mass is 474 g/mol. The van der Waals surface area contributed by atoms with Crippen LogP contribution in [0.1, 0.15) is 0 Å². The lowest BCUT2D eigenvalue weighted by molar-refractivity contribution is -0.258. The van der Waals surface area contributed by atoms with Gasteiger partial charge in [-0.25, -0.2) is 31.1 Å². The fraction of sp³-hybridized carbons (Fsp3) is 0.786. The SMILES string of the molecule is C=CC(=O)OC(COCC(F)(F)C(F)C(F)(F)F)COCC(F)(F)C(F)C(F)(F)F. The second kappa shape index (κ2) is 10.5. The maximum Gasteiger partial charge on any atom is 0.425 e. The molecule has 0 spiro atoms. The zero-order valence-corrected chi connectivity index (χ0v) is 14.5. The second-order valence-electron chi connectivity index (χ2n) is 5.62. The third-order valence-electron chi connectivity index (χ3n) is 2.96. The summed E-state index contributed by atoms with van der Waals surface area (Å²) in [6.07, 6.45) is -22.5. The summed E-state index contributed by atoms with van der Waals surface area (Å²) in [6, 6.07) is 0. The Kier molecular flexibility index (Phi) is 9.95. The van der Waals surface area contributed by atoms with E-state index in [1.54, 1.807) is 0 Å². The van der Waals surface area contributed by atoms with Gasteiger partial charge in [-0.05, 0) is 0 Å². The van der Waals surface area contributed by atoms with Crippen LogP contribution in [0, 0.1) is 0 Å². The first-order valence-corrected chi connectivity index (χ1v) is 7.50. The van der Waals surface area contributed by atoms with E-state index in [0.717, 1.165) is 0 Å². The summed E-state index contributed by atoms with van der Waals surface area (Å²) in [5.41, 5.74) is 0. The smallest absolute Gasteiger partial charge is 0.425 e. The molecule has 0 heterocycles. The van der Waals surface area contributed by atoms with Gasteiger partial charge in [0.1, 0.15) is 19.3 Å². The van der Waals surface area contributed by atoms with Gasteiger partial charge in [-0.1, -0.05) is 6.58 Å². The normalized spacial score (nSPS) is 16.7. The van der Waals surface area contributed by atoms with Gasteiger partial charge in [0.25, 0.3) is 12.3 Å². The summed E-state index contributed by atoms with van der Waals surface area (Å²) >= 11 is 0. The molecule has 0 amide bonds. The average molecular weight is 474 g/mol. The topological polar surface area (TPSA) is 44.8 Å². The van der Waals surface area contributed by atoms with E-state index in [9.17, 15) is 57.5 Å². The number of halogens is 12. The summed E-state index contributed by atoms with van der Waals surface area (Å²) < 4.78 is 162. The van der Waals surface area contributed by atoms with Gasteiger partial charge in [0.05, 0.1) is 13.2 Å². The van der Waals surface area contributed by atoms with Crippen molar-refractivity contribution in [2.45, 2.75) is 42.6 Å². The molecular weight excluding hydrogens is 460 g/mol. The molecule has 0 aromatic carbocycles. The quantitative estimate of drug-likeness (QED) is 0.242. The molecule has 0 bridgehead atoms. The molecule has 30 heavy (non-hydrogen) atoms. The van der Waals surface area contributed by atoms with Crippen LogP contribution in [0.15, 0.2) is 12.7 Å². The third kappa shape index (κ3) is 9.40. The standard InChI is InChI=1S/C14H14F12O4/c1-2-8(27)30-7(3-28-5-11(17,18)9(15)13(21,22)23)4-29-6-12(19,20)10(16)14(24,25)26/h2,7,9-10H,1,3-6H2. The van der Waals surface area contributed by atoms with E-state index in [2.05, 4.69) is 20.8 Å². The highest BCUT2D eigenvalue weighted by atomic mass is 19.4. The minimum atomic E-state index is -5.93. The van der Waals surface area contributed by atoms with Gasteiger partial charge in [0, 0.05) is 6.08 Å². The van der Waals surface area contributed by atoms with Crippen molar-refractivity contribution in [3.8, 4) is 0 Å². The van der Waals surface area contributed by atoms with Gasteiger partial charge >= 0.3 is 30.2 Å². The molecule has 0 N–H and O–H groups in total. The summed E-state index contributed by atoms with van der Waals surface area (Å²) in [4.78, 5) is 11.1. The molecule has 0 aliphatic rings. The molecule has 0 saturated heterocycles. The number of carbonyl (C=O) groups is 1. The van der Waals surface area contributed by atoms with Crippen LogP contribution in [0.3, 0.4) is 0 Å². The van der Waals surface area contributed by atoms with Crippen molar-refractivity contribution in [3.05, 3.63) is 12.7 Å². The van der Waals surface area contributed by atoms with Crippen molar-refractivity contribution in [1.82, 2.24) is 0 Å². The molecule has 0 radical (unpaired) electrons. The van der Waals surface area contributed by atoms with Crippen LogP contribution in [-0.2, 0) is 19.0 Å². The van der Waals surface area contributed by atoms with E-state index in [1.165, 1.54) is 0 Å². The lowest BCUT2D eigenvalue weighted by Gasteiger charge is -2.25. The fourth-order valence-electron chi connectivity index (χ4n) is 1.61. The highest BCUT2D eigenvalue weighted by Gasteiger charge is 2.58. The second-order valence-corrected chi connectivity index (χ2v) is 5.62. The Labute approximate surface area is 160 Å². The van der Waals surface area contributed by atoms with Crippen LogP contribution in [0.4, 0.5) is 52.7 Å². The predicted molar refractivity (Wildman–Crippen MR) is 73.5 cm³/mol. The van der Waals surface area contributed by atoms with Gasteiger partial charge in [0.15, 0.2) is 0 Å². The minimum Gasteiger partial charge on any atom is -0.454 e. The first-order chi connectivity index (χ1) is 13.3. The van der Waals surface area contributed by atoms with Gasteiger partial charge in [-0.15, -0.1) is 0 Å². The van der Waals surface area contributed by atoms with Crippen molar-refractivity contribution < 1.29 is 71.7 Å². The Bertz CT molecular complexity index is 522. The largest absolute Gasteiger partial charge is 0.454 e. The molecule has 178 valence electrons. The van der Waals surface area contributed by atoms with Crippen molar-refractivity contribution in [2.75, 3.05) is 26.4 Å². The van der Waals surface area contributed by atoms with Crippen molar-refractivity contribution in [1.29, 1.82) is 0 Å². The molecule has 0 aliphatic carbocycles. The van der Waals surface area contributed by atoms with Crippen LogP contribution in [-0.4, -0.2) is 75.0 Å². The molecule has 0 fully saturated rings. The number of alkyl halides is 12. The first kappa shape index (κ1) is 28.3. The van der Waals surface area contributed by atoms with Gasteiger partial charge in [-0.2, -0.15) is 26.3 Å². The van der Waals surface area contributed by atoms with E-state index < -0.39 is 75.0 Å². The lowest BCUT2D eigenvalue weighted by atomic mass is 10.2. The molecule has 0 aliphatic heterocycles. The summed E-state index contributed by atoms with van der Waals surface area (Å²) in [7, 11) is 0. The molecule has 2 unspecified atom stereocenters. The van der Waals surface area contributed by atoms with Crippen molar-refractivity contribution in [2.24, 2.45) is 0 Å². The van der Waals surface area contributed by atoms with E-state index in [0.29, 0.717) is 6.08 Å². The molecule has 2 atom stereocenters. The Morgan fingerprint density at radius 1 is 0.767 bits per heavy atom. The number of hydrogen-bond acceptors (Lipinski definition) is 4. The predicted octanol–water partition coefficient (Wildman–Crippen LogP) is 4.19. The molecule has 0 aromatic rings. The zero-order valence-electron chi connectivity index (χ0n) is 14.5. The summed E-state index contributed by atoms with van der Waals surface area (Å²) in [6.45, 7) is -3.99. The Hall–Kier alpha value is -1.71. The molecule has 0 rings (SSSR count). The van der Waals surface area contributed by atoms with Crippen molar-refractivity contribution >= 4 is 5.97 Å². The average Bonchev–Trinajstić information content (AvgIpc) is 2.58. The first-order valence-electron chi connectivity index (χ1n) is 7.50. The molecular formula is C14H14F12O4. The van der Waals surface area contributed by atoms with Gasteiger partial charge in [-0.3, -0.25) is 0 Å². The number of hydrogen-bond donors (Lipinski definition) is 0. The van der Waals surface area contributed by atoms with Gasteiger partial charge in [0.2, 0.25) is 0 Å². The van der Waals surface area contributed by atoms with Gasteiger partial charge < -0.3 is 14.2 Å². The van der Waals surface area contributed by atoms with E-state index in [-0.39, 0.29) is 0 Å². The fourth-order valence-corrected chi connectivity index (χ4v) is 1.61. The van der Waals surface area contributed by atoms with E-state index in [1.807, 2.05) is 0 Å². The van der Waals surface area contributed by atoms with Crippen molar-refractivity contribution in [3.63, 3.8) is 0 Å². The highest BCUT2D eigenvalue weighted by Crippen LogP contribution is 2.36. The molecule has 16 heteroatoms. The lowest BCUT2D eigenvalue weighted by Crippen LogP contribution is -2.46. The summed E-state index contributed by atoms with van der Waals surface area (Å²) in [5, 5.41) is 0. The maximum atomic E-state index is 13.1.